The predicted molar refractivity (Wildman–Crippen MR) is 98.4 cm³/mol. The van der Waals surface area contributed by atoms with Crippen LogP contribution in [0.1, 0.15) is 35.0 Å². The van der Waals surface area contributed by atoms with E-state index in [2.05, 4.69) is 15.0 Å². The maximum absolute atomic E-state index is 12.8. The topological polar surface area (TPSA) is 81.4 Å². The monoisotopic (exact) mass is 364 g/mol. The van der Waals surface area contributed by atoms with Crippen LogP contribution in [0.4, 0.5) is 0 Å². The molecule has 1 amide bonds. The van der Waals surface area contributed by atoms with Crippen LogP contribution in [0.15, 0.2) is 53.6 Å². The van der Waals surface area contributed by atoms with E-state index < -0.39 is 0 Å². The van der Waals surface area contributed by atoms with Crippen molar-refractivity contribution in [3.63, 3.8) is 0 Å². The molecule has 0 bridgehead atoms. The molecular weight excluding hydrogens is 344 g/mol. The van der Waals surface area contributed by atoms with Gasteiger partial charge in [-0.05, 0) is 36.6 Å². The summed E-state index contributed by atoms with van der Waals surface area (Å²) in [7, 11) is 1.51. The summed E-state index contributed by atoms with van der Waals surface area (Å²) < 4.78 is 10.5. The number of carbonyl (C=O) groups is 1. The van der Waals surface area contributed by atoms with Gasteiger partial charge >= 0.3 is 0 Å². The third kappa shape index (κ3) is 3.53. The van der Waals surface area contributed by atoms with E-state index in [9.17, 15) is 4.79 Å². The molecule has 0 aromatic carbocycles. The highest BCUT2D eigenvalue weighted by atomic mass is 16.6. The van der Waals surface area contributed by atoms with Crippen molar-refractivity contribution in [2.45, 2.75) is 18.8 Å². The van der Waals surface area contributed by atoms with Gasteiger partial charge in [-0.2, -0.15) is 0 Å². The summed E-state index contributed by atoms with van der Waals surface area (Å²) in [5, 5.41) is 0. The number of amides is 1. The first kappa shape index (κ1) is 17.2. The smallest absolute Gasteiger partial charge is 0.289 e. The largest absolute Gasteiger partial charge is 0.468 e. The van der Waals surface area contributed by atoms with Crippen LogP contribution in [0, 0.1) is 0 Å². The van der Waals surface area contributed by atoms with Crippen molar-refractivity contribution in [1.29, 1.82) is 0 Å². The molecule has 138 valence electrons. The van der Waals surface area contributed by atoms with E-state index in [0.717, 1.165) is 29.7 Å². The maximum Gasteiger partial charge on any atom is 0.289 e. The number of carbonyl (C=O) groups excluding carboxylic acids is 1. The SMILES string of the molecule is COc1ccc(C(=O)N2CCC[C@H](c3ncncc3-c3ccncc3)C2)o1. The van der Waals surface area contributed by atoms with Gasteiger partial charge < -0.3 is 14.1 Å². The average Bonchev–Trinajstić information content (AvgIpc) is 3.23. The number of piperidine rings is 1. The second-order valence-corrected chi connectivity index (χ2v) is 6.47. The zero-order chi connectivity index (χ0) is 18.6. The van der Waals surface area contributed by atoms with Gasteiger partial charge in [0.1, 0.15) is 6.33 Å². The molecule has 4 heterocycles. The average molecular weight is 364 g/mol. The molecule has 0 saturated carbocycles. The van der Waals surface area contributed by atoms with Crippen molar-refractivity contribution in [2.24, 2.45) is 0 Å². The number of hydrogen-bond donors (Lipinski definition) is 0. The van der Waals surface area contributed by atoms with Crippen molar-refractivity contribution in [1.82, 2.24) is 19.9 Å². The number of hydrogen-bond acceptors (Lipinski definition) is 6. The lowest BCUT2D eigenvalue weighted by atomic mass is 9.90. The van der Waals surface area contributed by atoms with Crippen LogP contribution >= 0.6 is 0 Å². The Hall–Kier alpha value is -3.22. The van der Waals surface area contributed by atoms with Crippen LogP contribution in [-0.2, 0) is 0 Å². The number of nitrogens with zero attached hydrogens (tertiary/aromatic N) is 4. The molecule has 0 spiro atoms. The molecule has 1 atom stereocenters. The summed E-state index contributed by atoms with van der Waals surface area (Å²) in [5.41, 5.74) is 2.98. The van der Waals surface area contributed by atoms with Crippen molar-refractivity contribution >= 4 is 5.91 Å². The molecule has 1 fully saturated rings. The van der Waals surface area contributed by atoms with E-state index in [1.165, 1.54) is 7.11 Å². The minimum atomic E-state index is -0.123. The van der Waals surface area contributed by atoms with Gasteiger partial charge in [0.15, 0.2) is 5.76 Å². The Morgan fingerprint density at radius 3 is 2.85 bits per heavy atom. The zero-order valence-electron chi connectivity index (χ0n) is 15.0. The molecule has 3 aromatic rings. The third-order valence-electron chi connectivity index (χ3n) is 4.82. The summed E-state index contributed by atoms with van der Waals surface area (Å²) in [6.07, 6.45) is 8.79. The molecule has 4 rings (SSSR count). The van der Waals surface area contributed by atoms with Gasteiger partial charge in [-0.15, -0.1) is 0 Å². The summed E-state index contributed by atoms with van der Waals surface area (Å²) in [6.45, 7) is 1.30. The Morgan fingerprint density at radius 1 is 1.22 bits per heavy atom. The standard InChI is InChI=1S/C20H20N4O3/c1-26-18-5-4-17(27-18)20(25)24-10-2-3-15(12-24)19-16(11-22-13-23-19)14-6-8-21-9-7-14/h4-9,11,13,15H,2-3,10,12H2,1H3/t15-/m0/s1. The number of likely N-dealkylation sites (tertiary alicyclic amines) is 1. The van der Waals surface area contributed by atoms with E-state index in [0.29, 0.717) is 24.8 Å². The van der Waals surface area contributed by atoms with Crippen LogP contribution in [0.3, 0.4) is 0 Å². The first-order chi connectivity index (χ1) is 13.3. The molecular formula is C20H20N4O3. The van der Waals surface area contributed by atoms with Crippen molar-refractivity contribution in [3.8, 4) is 17.1 Å². The van der Waals surface area contributed by atoms with Crippen LogP contribution in [-0.4, -0.2) is 46.0 Å². The van der Waals surface area contributed by atoms with E-state index in [1.54, 1.807) is 30.9 Å². The lowest BCUT2D eigenvalue weighted by Gasteiger charge is -2.32. The first-order valence-electron chi connectivity index (χ1n) is 8.89. The van der Waals surface area contributed by atoms with E-state index in [4.69, 9.17) is 9.15 Å². The van der Waals surface area contributed by atoms with Gasteiger partial charge in [0.25, 0.3) is 11.9 Å². The highest BCUT2D eigenvalue weighted by molar-refractivity contribution is 5.91. The van der Waals surface area contributed by atoms with Gasteiger partial charge in [0, 0.05) is 49.2 Å². The lowest BCUT2D eigenvalue weighted by Crippen LogP contribution is -2.39. The molecule has 1 aliphatic heterocycles. The van der Waals surface area contributed by atoms with Crippen LogP contribution < -0.4 is 4.74 Å². The number of ether oxygens (including phenoxy) is 1. The maximum atomic E-state index is 12.8. The molecule has 0 N–H and O–H groups in total. The molecule has 1 saturated heterocycles. The second-order valence-electron chi connectivity index (χ2n) is 6.47. The fourth-order valence-corrected chi connectivity index (χ4v) is 3.50. The van der Waals surface area contributed by atoms with Crippen molar-refractivity contribution in [2.75, 3.05) is 20.2 Å². The molecule has 1 aliphatic rings. The molecule has 0 aliphatic carbocycles. The Balaban J connectivity index is 1.58. The van der Waals surface area contributed by atoms with Gasteiger partial charge in [0.05, 0.1) is 12.8 Å². The number of furan rings is 1. The summed E-state index contributed by atoms with van der Waals surface area (Å²) in [5.74, 6) is 0.653. The molecule has 0 unspecified atom stereocenters. The molecule has 7 heteroatoms. The van der Waals surface area contributed by atoms with Gasteiger partial charge in [-0.3, -0.25) is 9.78 Å². The number of aromatic nitrogens is 3. The highest BCUT2D eigenvalue weighted by Crippen LogP contribution is 2.33. The Kier molecular flexibility index (Phi) is 4.82. The summed E-state index contributed by atoms with van der Waals surface area (Å²) >= 11 is 0. The fourth-order valence-electron chi connectivity index (χ4n) is 3.50. The quantitative estimate of drug-likeness (QED) is 0.707. The minimum absolute atomic E-state index is 0.123. The predicted octanol–water partition coefficient (Wildman–Crippen LogP) is 3.16. The van der Waals surface area contributed by atoms with Crippen LogP contribution in [0.5, 0.6) is 5.95 Å². The van der Waals surface area contributed by atoms with Gasteiger partial charge in [-0.1, -0.05) is 0 Å². The Labute approximate surface area is 157 Å². The van der Waals surface area contributed by atoms with E-state index in [-0.39, 0.29) is 11.8 Å². The zero-order valence-corrected chi connectivity index (χ0v) is 15.0. The molecule has 0 radical (unpaired) electrons. The summed E-state index contributed by atoms with van der Waals surface area (Å²) in [4.78, 5) is 27.4. The molecule has 7 nitrogen and oxygen atoms in total. The minimum Gasteiger partial charge on any atom is -0.468 e. The Morgan fingerprint density at radius 2 is 2.07 bits per heavy atom. The molecule has 3 aromatic heterocycles. The summed E-state index contributed by atoms with van der Waals surface area (Å²) in [6, 6.07) is 7.20. The van der Waals surface area contributed by atoms with Crippen LogP contribution in [0.2, 0.25) is 0 Å². The second kappa shape index (κ2) is 7.57. The van der Waals surface area contributed by atoms with E-state index >= 15 is 0 Å². The van der Waals surface area contributed by atoms with Gasteiger partial charge in [-0.25, -0.2) is 9.97 Å². The highest BCUT2D eigenvalue weighted by Gasteiger charge is 2.29. The number of rotatable bonds is 4. The van der Waals surface area contributed by atoms with Crippen LogP contribution in [0.25, 0.3) is 11.1 Å². The number of pyridine rings is 1. The van der Waals surface area contributed by atoms with Crippen molar-refractivity contribution in [3.05, 3.63) is 60.6 Å². The Bertz CT molecular complexity index is 926. The fraction of sp³-hybridized carbons (Fsp3) is 0.300. The number of methoxy groups -OCH3 is 1. The third-order valence-corrected chi connectivity index (χ3v) is 4.82. The molecule has 27 heavy (non-hydrogen) atoms. The van der Waals surface area contributed by atoms with Gasteiger partial charge in [0.2, 0.25) is 0 Å². The van der Waals surface area contributed by atoms with E-state index in [1.807, 2.05) is 23.2 Å². The lowest BCUT2D eigenvalue weighted by molar-refractivity contribution is 0.0667. The normalized spacial score (nSPS) is 16.9. The first-order valence-corrected chi connectivity index (χ1v) is 8.89. The van der Waals surface area contributed by atoms with Crippen molar-refractivity contribution < 1.29 is 13.9 Å².